The van der Waals surface area contributed by atoms with Crippen molar-refractivity contribution in [2.75, 3.05) is 5.32 Å². The smallest absolute Gasteiger partial charge is 0.318 e. The topological polar surface area (TPSA) is 88.4 Å². The first-order valence-electron chi connectivity index (χ1n) is 9.80. The summed E-state index contributed by atoms with van der Waals surface area (Å²) < 4.78 is 27.9. The van der Waals surface area contributed by atoms with E-state index in [0.29, 0.717) is 16.8 Å². The molecule has 3 aromatic carbocycles. The van der Waals surface area contributed by atoms with E-state index in [9.17, 15) is 18.4 Å². The normalized spacial score (nSPS) is 10.8. The number of para-hydroxylation sites is 1. The average molecular weight is 445 g/mol. The SMILES string of the molecule is O=C(NN=Cc1cn(-c2ccccc2)nc1-c1ccc(F)cc1)C(=O)Nc1ccc(F)cc1. The Morgan fingerprint density at radius 3 is 2.15 bits per heavy atom. The highest BCUT2D eigenvalue weighted by Gasteiger charge is 2.14. The van der Waals surface area contributed by atoms with Gasteiger partial charge in [0, 0.05) is 23.0 Å². The summed E-state index contributed by atoms with van der Waals surface area (Å²) >= 11 is 0. The Bertz CT molecular complexity index is 1300. The van der Waals surface area contributed by atoms with Gasteiger partial charge in [0.2, 0.25) is 0 Å². The number of benzene rings is 3. The number of rotatable bonds is 5. The summed E-state index contributed by atoms with van der Waals surface area (Å²) in [6.45, 7) is 0. The summed E-state index contributed by atoms with van der Waals surface area (Å²) in [5.74, 6) is -2.81. The lowest BCUT2D eigenvalue weighted by Crippen LogP contribution is -2.32. The zero-order valence-corrected chi connectivity index (χ0v) is 17.1. The predicted molar refractivity (Wildman–Crippen MR) is 120 cm³/mol. The van der Waals surface area contributed by atoms with Crippen molar-refractivity contribution in [1.29, 1.82) is 0 Å². The summed E-state index contributed by atoms with van der Waals surface area (Å²) in [5, 5.41) is 10.8. The van der Waals surface area contributed by atoms with Gasteiger partial charge in [0.15, 0.2) is 0 Å². The summed E-state index contributed by atoms with van der Waals surface area (Å²) in [5.41, 5.74) is 4.89. The number of amides is 2. The van der Waals surface area contributed by atoms with E-state index in [1.54, 1.807) is 23.0 Å². The highest BCUT2D eigenvalue weighted by atomic mass is 19.1. The van der Waals surface area contributed by atoms with E-state index in [2.05, 4.69) is 20.9 Å². The quantitative estimate of drug-likeness (QED) is 0.277. The van der Waals surface area contributed by atoms with Gasteiger partial charge in [-0.25, -0.2) is 18.9 Å². The Labute approximate surface area is 187 Å². The van der Waals surface area contributed by atoms with Crippen molar-refractivity contribution in [3.05, 3.63) is 102 Å². The van der Waals surface area contributed by atoms with Crippen LogP contribution >= 0.6 is 0 Å². The molecule has 33 heavy (non-hydrogen) atoms. The van der Waals surface area contributed by atoms with Crippen LogP contribution in [0.3, 0.4) is 0 Å². The van der Waals surface area contributed by atoms with E-state index in [4.69, 9.17) is 0 Å². The number of carbonyl (C=O) groups is 2. The van der Waals surface area contributed by atoms with E-state index in [1.807, 2.05) is 30.3 Å². The van der Waals surface area contributed by atoms with Gasteiger partial charge in [0.25, 0.3) is 0 Å². The van der Waals surface area contributed by atoms with Crippen LogP contribution in [0, 0.1) is 11.6 Å². The third-order valence-corrected chi connectivity index (χ3v) is 4.56. The van der Waals surface area contributed by atoms with Crippen molar-refractivity contribution in [3.63, 3.8) is 0 Å². The van der Waals surface area contributed by atoms with Gasteiger partial charge in [-0.15, -0.1) is 0 Å². The van der Waals surface area contributed by atoms with E-state index < -0.39 is 17.6 Å². The first kappa shape index (κ1) is 21.6. The van der Waals surface area contributed by atoms with Crippen molar-refractivity contribution >= 4 is 23.7 Å². The minimum absolute atomic E-state index is 0.267. The van der Waals surface area contributed by atoms with Gasteiger partial charge in [0.1, 0.15) is 17.3 Å². The fourth-order valence-corrected chi connectivity index (χ4v) is 2.96. The van der Waals surface area contributed by atoms with Crippen molar-refractivity contribution in [2.45, 2.75) is 0 Å². The maximum atomic E-state index is 13.4. The van der Waals surface area contributed by atoms with Gasteiger partial charge in [-0.3, -0.25) is 9.59 Å². The van der Waals surface area contributed by atoms with Gasteiger partial charge < -0.3 is 5.32 Å². The third kappa shape index (κ3) is 5.34. The highest BCUT2D eigenvalue weighted by Crippen LogP contribution is 2.23. The summed E-state index contributed by atoms with van der Waals surface area (Å²) in [6, 6.07) is 20.1. The van der Waals surface area contributed by atoms with Gasteiger partial charge in [0.05, 0.1) is 11.9 Å². The summed E-state index contributed by atoms with van der Waals surface area (Å²) in [6.07, 6.45) is 3.04. The second-order valence-electron chi connectivity index (χ2n) is 6.88. The van der Waals surface area contributed by atoms with Crippen LogP contribution in [-0.4, -0.2) is 27.8 Å². The largest absolute Gasteiger partial charge is 0.329 e. The van der Waals surface area contributed by atoms with Crippen molar-refractivity contribution in [3.8, 4) is 16.9 Å². The first-order chi connectivity index (χ1) is 16.0. The number of nitrogens with one attached hydrogen (secondary N) is 2. The molecule has 0 aliphatic heterocycles. The molecular formula is C24H17F2N5O2. The molecule has 1 heterocycles. The molecule has 0 saturated carbocycles. The van der Waals surface area contributed by atoms with Crippen LogP contribution in [0.1, 0.15) is 5.56 Å². The molecular weight excluding hydrogens is 428 g/mol. The van der Waals surface area contributed by atoms with Crippen LogP contribution in [-0.2, 0) is 9.59 Å². The molecule has 0 spiro atoms. The summed E-state index contributed by atoms with van der Waals surface area (Å²) in [7, 11) is 0. The molecule has 0 fully saturated rings. The van der Waals surface area contributed by atoms with Crippen LogP contribution in [0.25, 0.3) is 16.9 Å². The first-order valence-corrected chi connectivity index (χ1v) is 9.80. The number of nitrogens with zero attached hydrogens (tertiary/aromatic N) is 3. The number of carbonyl (C=O) groups excluding carboxylic acids is 2. The lowest BCUT2D eigenvalue weighted by molar-refractivity contribution is -0.136. The van der Waals surface area contributed by atoms with Crippen LogP contribution < -0.4 is 10.7 Å². The van der Waals surface area contributed by atoms with Crippen molar-refractivity contribution in [2.24, 2.45) is 5.10 Å². The molecule has 7 nitrogen and oxygen atoms in total. The standard InChI is InChI=1S/C24H17F2N5O2/c25-18-8-6-16(7-9-18)22-17(15-31(30-22)21-4-2-1-3-5-21)14-27-29-24(33)23(32)28-20-12-10-19(26)11-13-20/h1-15H,(H,28,32)(H,29,33). The molecule has 0 aliphatic rings. The number of hydrogen-bond acceptors (Lipinski definition) is 4. The Morgan fingerprint density at radius 1 is 0.848 bits per heavy atom. The molecule has 0 radical (unpaired) electrons. The number of aromatic nitrogens is 2. The molecule has 4 rings (SSSR count). The minimum atomic E-state index is -1.01. The predicted octanol–water partition coefficient (Wildman–Crippen LogP) is 3.91. The van der Waals surface area contributed by atoms with E-state index in [0.717, 1.165) is 17.8 Å². The molecule has 2 N–H and O–H groups in total. The second-order valence-corrected chi connectivity index (χ2v) is 6.88. The third-order valence-electron chi connectivity index (χ3n) is 4.56. The zero-order chi connectivity index (χ0) is 23.2. The van der Waals surface area contributed by atoms with Crippen LogP contribution in [0.15, 0.2) is 90.2 Å². The van der Waals surface area contributed by atoms with Gasteiger partial charge in [-0.1, -0.05) is 18.2 Å². The maximum absolute atomic E-state index is 13.4. The molecule has 4 aromatic rings. The molecule has 2 amide bonds. The molecule has 0 unspecified atom stereocenters. The number of anilines is 1. The van der Waals surface area contributed by atoms with Gasteiger partial charge in [-0.05, 0) is 60.7 Å². The average Bonchev–Trinajstić information content (AvgIpc) is 3.25. The Kier molecular flexibility index (Phi) is 6.31. The molecule has 1 aromatic heterocycles. The summed E-state index contributed by atoms with van der Waals surface area (Å²) in [4.78, 5) is 24.1. The Balaban J connectivity index is 1.52. The van der Waals surface area contributed by atoms with Crippen LogP contribution in [0.2, 0.25) is 0 Å². The molecule has 0 aliphatic carbocycles. The molecule has 0 bridgehead atoms. The number of hydrazone groups is 1. The molecule has 0 saturated heterocycles. The highest BCUT2D eigenvalue weighted by molar-refractivity contribution is 6.39. The van der Waals surface area contributed by atoms with E-state index in [-0.39, 0.29) is 11.5 Å². The van der Waals surface area contributed by atoms with Crippen LogP contribution in [0.4, 0.5) is 14.5 Å². The monoisotopic (exact) mass is 445 g/mol. The second kappa shape index (κ2) is 9.65. The fraction of sp³-hybridized carbons (Fsp3) is 0. The van der Waals surface area contributed by atoms with E-state index in [1.165, 1.54) is 30.5 Å². The minimum Gasteiger partial charge on any atom is -0.318 e. The maximum Gasteiger partial charge on any atom is 0.329 e. The molecule has 9 heteroatoms. The van der Waals surface area contributed by atoms with Crippen molar-refractivity contribution in [1.82, 2.24) is 15.2 Å². The number of hydrogen-bond donors (Lipinski definition) is 2. The van der Waals surface area contributed by atoms with E-state index >= 15 is 0 Å². The van der Waals surface area contributed by atoms with Crippen molar-refractivity contribution < 1.29 is 18.4 Å². The zero-order valence-electron chi connectivity index (χ0n) is 17.1. The molecule has 0 atom stereocenters. The Morgan fingerprint density at radius 2 is 1.48 bits per heavy atom. The molecule has 164 valence electrons. The Hall–Kier alpha value is -4.66. The lowest BCUT2D eigenvalue weighted by Gasteiger charge is -2.03. The van der Waals surface area contributed by atoms with Crippen LogP contribution in [0.5, 0.6) is 0 Å². The fourth-order valence-electron chi connectivity index (χ4n) is 2.96. The van der Waals surface area contributed by atoms with Gasteiger partial charge in [-0.2, -0.15) is 10.2 Å². The van der Waals surface area contributed by atoms with Gasteiger partial charge >= 0.3 is 11.8 Å². The lowest BCUT2D eigenvalue weighted by atomic mass is 10.1. The number of halogens is 2.